The van der Waals surface area contributed by atoms with E-state index in [0.29, 0.717) is 17.4 Å². The number of aromatic nitrogens is 6. The van der Waals surface area contributed by atoms with Crippen molar-refractivity contribution in [2.45, 2.75) is 80.6 Å². The van der Waals surface area contributed by atoms with Crippen LogP contribution in [0.1, 0.15) is 79.8 Å². The molecule has 4 saturated carbocycles. The largest absolute Gasteiger partial charge is 0.486 e. The maximum absolute atomic E-state index is 12.9. The van der Waals surface area contributed by atoms with Crippen molar-refractivity contribution in [3.63, 3.8) is 0 Å². The molecule has 0 radical (unpaired) electrons. The quantitative estimate of drug-likeness (QED) is 0.520. The second-order valence-corrected chi connectivity index (χ2v) is 10.8. The molecule has 8 nitrogen and oxygen atoms in total. The van der Waals surface area contributed by atoms with Gasteiger partial charge in [-0.15, -0.1) is 15.3 Å². The van der Waals surface area contributed by atoms with Crippen LogP contribution in [0.25, 0.3) is 0 Å². The van der Waals surface area contributed by atoms with Crippen molar-refractivity contribution in [3.8, 4) is 5.75 Å². The fraction of sp³-hybridized carbons (Fsp3) is 0.600. The molecule has 2 bridgehead atoms. The second-order valence-electron chi connectivity index (χ2n) is 10.8. The first kappa shape index (κ1) is 23.4. The van der Waals surface area contributed by atoms with Crippen molar-refractivity contribution >= 4 is 0 Å². The van der Waals surface area contributed by atoms with E-state index < -0.39 is 11.7 Å². The summed E-state index contributed by atoms with van der Waals surface area (Å²) < 4.78 is 48.4. The van der Waals surface area contributed by atoms with Crippen molar-refractivity contribution in [1.29, 1.82) is 0 Å². The first-order chi connectivity index (χ1) is 17.2. The molecule has 4 fully saturated rings. The Morgan fingerprint density at radius 1 is 1.08 bits per heavy atom. The Hall–Kier alpha value is -2.95. The molecule has 1 aromatic carbocycles. The maximum atomic E-state index is 12.9. The number of rotatable bonds is 7. The van der Waals surface area contributed by atoms with E-state index in [4.69, 9.17) is 4.74 Å². The summed E-state index contributed by atoms with van der Waals surface area (Å²) in [5.74, 6) is 1.91. The van der Waals surface area contributed by atoms with Gasteiger partial charge in [0.1, 0.15) is 18.2 Å². The van der Waals surface area contributed by atoms with Crippen LogP contribution in [-0.2, 0) is 25.2 Å². The molecule has 192 valence electrons. The minimum atomic E-state index is -4.41. The molecule has 0 spiro atoms. The molecule has 0 atom stereocenters. The van der Waals surface area contributed by atoms with Crippen LogP contribution >= 0.6 is 0 Å². The summed E-state index contributed by atoms with van der Waals surface area (Å²) >= 11 is 0. The summed E-state index contributed by atoms with van der Waals surface area (Å²) in [6.07, 6.45) is 5.15. The Balaban J connectivity index is 1.05. The Labute approximate surface area is 207 Å². The van der Waals surface area contributed by atoms with Crippen LogP contribution in [0.5, 0.6) is 5.75 Å². The van der Waals surface area contributed by atoms with E-state index >= 15 is 0 Å². The summed E-state index contributed by atoms with van der Waals surface area (Å²) in [5.41, 5.74) is 0.986. The van der Waals surface area contributed by atoms with Crippen LogP contribution in [0, 0.1) is 0 Å². The first-order valence-corrected chi connectivity index (χ1v) is 12.5. The highest BCUT2D eigenvalue weighted by Gasteiger charge is 2.69. The smallest absolute Gasteiger partial charge is 0.416 e. The number of benzene rings is 1. The van der Waals surface area contributed by atoms with Gasteiger partial charge in [-0.2, -0.15) is 13.2 Å². The first-order valence-electron chi connectivity index (χ1n) is 12.5. The van der Waals surface area contributed by atoms with Crippen molar-refractivity contribution in [3.05, 3.63) is 53.4 Å². The lowest BCUT2D eigenvalue weighted by molar-refractivity contribution is -0.137. The number of nitrogens with zero attached hydrogens (tertiary/aromatic N) is 6. The Kier molecular flexibility index (Phi) is 5.40. The van der Waals surface area contributed by atoms with Gasteiger partial charge in [0.05, 0.1) is 17.3 Å². The molecule has 36 heavy (non-hydrogen) atoms. The van der Waals surface area contributed by atoms with Gasteiger partial charge in [0.2, 0.25) is 0 Å². The van der Waals surface area contributed by atoms with E-state index in [1.807, 2.05) is 18.7 Å². The zero-order chi connectivity index (χ0) is 25.1. The van der Waals surface area contributed by atoms with Crippen LogP contribution in [-0.4, -0.2) is 42.3 Å². The highest BCUT2D eigenvalue weighted by Crippen LogP contribution is 2.67. The van der Waals surface area contributed by atoms with Crippen molar-refractivity contribution in [2.24, 2.45) is 7.05 Å². The monoisotopic (exact) mass is 501 g/mol. The normalized spacial score (nSPS) is 29.5. The van der Waals surface area contributed by atoms with Crippen molar-refractivity contribution < 1.29 is 17.9 Å². The fourth-order valence-corrected chi connectivity index (χ4v) is 6.39. The Bertz CT molecular complexity index is 1240. The minimum Gasteiger partial charge on any atom is -0.486 e. The molecule has 3 aromatic rings. The number of hydrogen-bond donors (Lipinski definition) is 1. The number of hydrogen-bond acceptors (Lipinski definition) is 6. The molecule has 11 heteroatoms. The third-order valence-electron chi connectivity index (χ3n) is 8.58. The van der Waals surface area contributed by atoms with Gasteiger partial charge in [-0.1, -0.05) is 11.3 Å². The molecule has 0 amide bonds. The molecule has 0 unspecified atom stereocenters. The number of halogens is 3. The third-order valence-corrected chi connectivity index (χ3v) is 8.58. The Morgan fingerprint density at radius 3 is 2.53 bits per heavy atom. The summed E-state index contributed by atoms with van der Waals surface area (Å²) in [7, 11) is 3.93. The van der Waals surface area contributed by atoms with Crippen LogP contribution < -0.4 is 10.1 Å². The van der Waals surface area contributed by atoms with E-state index in [-0.39, 0.29) is 23.7 Å². The average molecular weight is 502 g/mol. The van der Waals surface area contributed by atoms with Crippen LogP contribution in [0.15, 0.2) is 30.5 Å². The number of nitrogens with one attached hydrogen (secondary N) is 1. The summed E-state index contributed by atoms with van der Waals surface area (Å²) in [6.45, 7) is 0.0540. The fourth-order valence-electron chi connectivity index (χ4n) is 6.39. The second kappa shape index (κ2) is 8.29. The molecular formula is C25H30F3N7O. The number of ether oxygens (including phenoxy) is 1. The van der Waals surface area contributed by atoms with Gasteiger partial charge in [-0.3, -0.25) is 0 Å². The predicted octanol–water partition coefficient (Wildman–Crippen LogP) is 4.30. The van der Waals surface area contributed by atoms with Crippen LogP contribution in [0.2, 0.25) is 0 Å². The van der Waals surface area contributed by atoms with E-state index in [1.165, 1.54) is 12.1 Å². The Morgan fingerprint density at radius 2 is 1.83 bits per heavy atom. The van der Waals surface area contributed by atoms with Crippen molar-refractivity contribution in [2.75, 3.05) is 7.05 Å². The lowest BCUT2D eigenvalue weighted by Gasteiger charge is -2.69. The molecule has 1 N–H and O–H groups in total. The van der Waals surface area contributed by atoms with Crippen LogP contribution in [0.3, 0.4) is 0 Å². The summed E-state index contributed by atoms with van der Waals surface area (Å²) in [6, 6.07) is 5.21. The lowest BCUT2D eigenvalue weighted by Crippen LogP contribution is -2.75. The lowest BCUT2D eigenvalue weighted by atomic mass is 9.38. The summed E-state index contributed by atoms with van der Waals surface area (Å²) in [5, 5.41) is 21.1. The van der Waals surface area contributed by atoms with Crippen molar-refractivity contribution in [1.82, 2.24) is 35.1 Å². The SMILES string of the molecule is CNC12CC(c3cn([C@H]4CC[C@H](c5nnc(COc6cccc(C(F)(F)F)c6)n5C)CC4)nn3)(C1)C2. The van der Waals surface area contributed by atoms with Gasteiger partial charge < -0.3 is 14.6 Å². The predicted molar refractivity (Wildman–Crippen MR) is 124 cm³/mol. The highest BCUT2D eigenvalue weighted by molar-refractivity contribution is 5.36. The molecular weight excluding hydrogens is 471 g/mol. The topological polar surface area (TPSA) is 82.7 Å². The van der Waals surface area contributed by atoms with E-state index in [0.717, 1.165) is 68.6 Å². The maximum Gasteiger partial charge on any atom is 0.416 e. The van der Waals surface area contributed by atoms with Gasteiger partial charge in [-0.05, 0) is 70.2 Å². The molecule has 0 aliphatic heterocycles. The van der Waals surface area contributed by atoms with Gasteiger partial charge in [-0.25, -0.2) is 4.68 Å². The molecule has 0 saturated heterocycles. The van der Waals surface area contributed by atoms with Gasteiger partial charge in [0.15, 0.2) is 5.82 Å². The average Bonchev–Trinajstić information content (AvgIpc) is 3.43. The zero-order valence-electron chi connectivity index (χ0n) is 20.4. The van der Waals surface area contributed by atoms with E-state index in [2.05, 4.69) is 36.7 Å². The molecule has 7 rings (SSSR count). The standard InChI is InChI=1S/C25H30F3N7O/c1-29-24-13-23(14-24,15-24)20-11-35(33-30-20)18-8-6-16(7-9-18)22-32-31-21(34(22)2)12-36-19-5-3-4-17(10-19)25(26,27)28/h3-5,10-11,16,18,29H,6-9,12-15H2,1-2H3/t16-,18-,23?,24?. The number of alkyl halides is 3. The molecule has 2 heterocycles. The summed E-state index contributed by atoms with van der Waals surface area (Å²) in [4.78, 5) is 0. The van der Waals surface area contributed by atoms with Gasteiger partial charge in [0.25, 0.3) is 0 Å². The molecule has 4 aliphatic rings. The third kappa shape index (κ3) is 3.88. The van der Waals surface area contributed by atoms with E-state index in [9.17, 15) is 13.2 Å². The van der Waals surface area contributed by atoms with E-state index in [1.54, 1.807) is 0 Å². The minimum absolute atomic E-state index is 0.0540. The van der Waals surface area contributed by atoms with Crippen LogP contribution in [0.4, 0.5) is 13.2 Å². The molecule has 2 aromatic heterocycles. The molecule has 4 aliphatic carbocycles. The highest BCUT2D eigenvalue weighted by atomic mass is 19.4. The van der Waals surface area contributed by atoms with Gasteiger partial charge >= 0.3 is 6.18 Å². The zero-order valence-corrected chi connectivity index (χ0v) is 20.4. The van der Waals surface area contributed by atoms with Gasteiger partial charge in [0, 0.05) is 30.1 Å².